The number of fused-ring (bicyclic) bond motifs is 6. The molecule has 0 saturated heterocycles. The first kappa shape index (κ1) is 22.5. The fourth-order valence-electron chi connectivity index (χ4n) is 10.5. The van der Waals surface area contributed by atoms with E-state index in [0.717, 1.165) is 24.7 Å². The summed E-state index contributed by atoms with van der Waals surface area (Å²) < 4.78 is 0. The van der Waals surface area contributed by atoms with Gasteiger partial charge in [-0.3, -0.25) is 0 Å². The molecule has 5 rings (SSSR count). The lowest BCUT2D eigenvalue weighted by molar-refractivity contribution is -0.219. The van der Waals surface area contributed by atoms with Gasteiger partial charge in [0.1, 0.15) is 0 Å². The summed E-state index contributed by atoms with van der Waals surface area (Å²) in [7, 11) is 0. The number of aliphatic hydroxyl groups is 1. The van der Waals surface area contributed by atoms with Gasteiger partial charge >= 0.3 is 0 Å². The molecule has 0 heterocycles. The van der Waals surface area contributed by atoms with E-state index in [1.807, 2.05) is 0 Å². The van der Waals surface area contributed by atoms with Crippen LogP contribution in [-0.2, 0) is 0 Å². The van der Waals surface area contributed by atoms with E-state index in [2.05, 4.69) is 55.4 Å². The molecule has 0 unspecified atom stereocenters. The Hall–Kier alpha value is -0.300. The molecule has 0 amide bonds. The molecule has 0 bridgehead atoms. The second-order valence-electron chi connectivity index (χ2n) is 15.2. The fourth-order valence-corrected chi connectivity index (χ4v) is 10.5. The van der Waals surface area contributed by atoms with Gasteiger partial charge in [0.2, 0.25) is 0 Å². The molecule has 31 heavy (non-hydrogen) atoms. The van der Waals surface area contributed by atoms with Crippen LogP contribution >= 0.6 is 0 Å². The van der Waals surface area contributed by atoms with Gasteiger partial charge in [-0.05, 0) is 121 Å². The van der Waals surface area contributed by atoms with Crippen LogP contribution in [0.5, 0.6) is 0 Å². The van der Waals surface area contributed by atoms with E-state index in [1.165, 1.54) is 63.4 Å². The van der Waals surface area contributed by atoms with Crippen LogP contribution in [0.2, 0.25) is 0 Å². The third kappa shape index (κ3) is 2.83. The minimum Gasteiger partial charge on any atom is -0.389 e. The average molecular weight is 427 g/mol. The maximum Gasteiger partial charge on any atom is 0.0758 e. The minimum absolute atomic E-state index is 0.189. The van der Waals surface area contributed by atoms with Gasteiger partial charge in [0.25, 0.3) is 0 Å². The van der Waals surface area contributed by atoms with Gasteiger partial charge in [-0.1, -0.05) is 61.0 Å². The minimum atomic E-state index is -0.189. The molecule has 1 N–H and O–H groups in total. The third-order valence-corrected chi connectivity index (χ3v) is 12.8. The predicted octanol–water partition coefficient (Wildman–Crippen LogP) is 8.31. The fraction of sp³-hybridized carbons (Fsp3) is 0.933. The zero-order chi connectivity index (χ0) is 22.7. The van der Waals surface area contributed by atoms with Crippen molar-refractivity contribution in [3.8, 4) is 0 Å². The van der Waals surface area contributed by atoms with Crippen molar-refractivity contribution in [3.05, 3.63) is 11.1 Å². The topological polar surface area (TPSA) is 20.2 Å². The second kappa shape index (κ2) is 6.43. The molecule has 0 aromatic heterocycles. The largest absolute Gasteiger partial charge is 0.389 e. The van der Waals surface area contributed by atoms with E-state index in [4.69, 9.17) is 0 Å². The molecular weight excluding hydrogens is 376 g/mol. The van der Waals surface area contributed by atoms with Crippen LogP contribution in [0.1, 0.15) is 126 Å². The van der Waals surface area contributed by atoms with Crippen LogP contribution < -0.4 is 0 Å². The molecule has 0 aliphatic heterocycles. The van der Waals surface area contributed by atoms with Crippen molar-refractivity contribution in [2.45, 2.75) is 132 Å². The van der Waals surface area contributed by atoms with Gasteiger partial charge in [-0.25, -0.2) is 0 Å². The first-order chi connectivity index (χ1) is 14.2. The van der Waals surface area contributed by atoms with Crippen LogP contribution in [0.15, 0.2) is 11.1 Å². The van der Waals surface area contributed by atoms with E-state index in [1.54, 1.807) is 5.57 Å². The summed E-state index contributed by atoms with van der Waals surface area (Å²) in [4.78, 5) is 0. The van der Waals surface area contributed by atoms with Gasteiger partial charge in [-0.15, -0.1) is 0 Å². The molecule has 1 nitrogen and oxygen atoms in total. The predicted molar refractivity (Wildman–Crippen MR) is 131 cm³/mol. The van der Waals surface area contributed by atoms with Crippen molar-refractivity contribution < 1.29 is 5.11 Å². The Morgan fingerprint density at radius 2 is 1.29 bits per heavy atom. The van der Waals surface area contributed by atoms with Crippen molar-refractivity contribution in [1.82, 2.24) is 0 Å². The quantitative estimate of drug-likeness (QED) is 0.386. The summed E-state index contributed by atoms with van der Waals surface area (Å²) in [5, 5.41) is 11.3. The van der Waals surface area contributed by atoms with Crippen molar-refractivity contribution in [3.63, 3.8) is 0 Å². The summed E-state index contributed by atoms with van der Waals surface area (Å²) in [5.74, 6) is 1.59. The lowest BCUT2D eigenvalue weighted by Crippen LogP contribution is -2.65. The van der Waals surface area contributed by atoms with Crippen LogP contribution in [0.3, 0.4) is 0 Å². The van der Waals surface area contributed by atoms with Gasteiger partial charge in [0.05, 0.1) is 6.10 Å². The second-order valence-corrected chi connectivity index (χ2v) is 15.2. The molecular formula is C30H50O. The normalized spacial score (nSPS) is 53.1. The third-order valence-electron chi connectivity index (χ3n) is 12.8. The number of hydrogen-bond acceptors (Lipinski definition) is 1. The Balaban J connectivity index is 1.60. The Bertz CT molecular complexity index is 803. The summed E-state index contributed by atoms with van der Waals surface area (Å²) in [6, 6.07) is 0. The van der Waals surface area contributed by atoms with Crippen molar-refractivity contribution in [1.29, 1.82) is 0 Å². The van der Waals surface area contributed by atoms with Crippen molar-refractivity contribution in [2.75, 3.05) is 0 Å². The van der Waals surface area contributed by atoms with E-state index in [9.17, 15) is 5.11 Å². The Kier molecular flexibility index (Phi) is 4.66. The summed E-state index contributed by atoms with van der Waals surface area (Å²) >= 11 is 0. The standard InChI is InChI=1S/C30H50O/c1-25(2)13-14-27(5)15-17-29(7)22-10-9-20-24(21(31)11-12-26(20,3)4)28(22,6)16-18-30(29,8)23(27)19-25/h21-23,31H,9-19H2,1-8H3/t21-,22+,23-,27-,28-,29-,30+/m1/s1. The molecule has 3 fully saturated rings. The van der Waals surface area contributed by atoms with Gasteiger partial charge in [-0.2, -0.15) is 0 Å². The SMILES string of the molecule is CC1(C)CC[C@]2(C)CC[C@]3(C)[C@H]4CCC5=C([C@H](O)CCC5(C)C)[C@]4(C)CC[C@@]3(C)[C@@H]2C1. The lowest BCUT2D eigenvalue weighted by atomic mass is 9.32. The highest BCUT2D eigenvalue weighted by molar-refractivity contribution is 5.38. The molecule has 1 heteroatoms. The Labute approximate surface area is 192 Å². The van der Waals surface area contributed by atoms with Crippen LogP contribution in [0.4, 0.5) is 0 Å². The van der Waals surface area contributed by atoms with Gasteiger partial charge < -0.3 is 5.11 Å². The molecule has 0 radical (unpaired) electrons. The number of allylic oxidation sites excluding steroid dienone is 1. The van der Waals surface area contributed by atoms with E-state index < -0.39 is 0 Å². The molecule has 5 aliphatic carbocycles. The molecule has 5 aliphatic rings. The van der Waals surface area contributed by atoms with Crippen LogP contribution in [0, 0.1) is 44.3 Å². The molecule has 176 valence electrons. The Morgan fingerprint density at radius 1 is 0.677 bits per heavy atom. The number of hydrogen-bond donors (Lipinski definition) is 1. The first-order valence-corrected chi connectivity index (χ1v) is 13.6. The zero-order valence-electron chi connectivity index (χ0n) is 22.0. The van der Waals surface area contributed by atoms with E-state index >= 15 is 0 Å². The first-order valence-electron chi connectivity index (χ1n) is 13.6. The highest BCUT2D eigenvalue weighted by Crippen LogP contribution is 2.76. The lowest BCUT2D eigenvalue weighted by Gasteiger charge is -2.72. The molecule has 0 aromatic rings. The summed E-state index contributed by atoms with van der Waals surface area (Å²) in [6.07, 6.45) is 14.3. The van der Waals surface area contributed by atoms with Crippen molar-refractivity contribution in [2.24, 2.45) is 44.3 Å². The van der Waals surface area contributed by atoms with Gasteiger partial charge in [0.15, 0.2) is 0 Å². The molecule has 7 atom stereocenters. The molecule has 3 saturated carbocycles. The average Bonchev–Trinajstić information content (AvgIpc) is 2.68. The summed E-state index contributed by atoms with van der Waals surface area (Å²) in [5.41, 5.74) is 5.53. The highest BCUT2D eigenvalue weighted by atomic mass is 16.3. The molecule has 0 spiro atoms. The zero-order valence-corrected chi connectivity index (χ0v) is 22.0. The number of rotatable bonds is 0. The van der Waals surface area contributed by atoms with Crippen LogP contribution in [-0.4, -0.2) is 11.2 Å². The maximum absolute atomic E-state index is 11.3. The molecule has 0 aromatic carbocycles. The van der Waals surface area contributed by atoms with E-state index in [-0.39, 0.29) is 16.9 Å². The smallest absolute Gasteiger partial charge is 0.0758 e. The van der Waals surface area contributed by atoms with Crippen molar-refractivity contribution >= 4 is 0 Å². The van der Waals surface area contributed by atoms with Crippen LogP contribution in [0.25, 0.3) is 0 Å². The summed E-state index contributed by atoms with van der Waals surface area (Å²) in [6.45, 7) is 20.6. The van der Waals surface area contributed by atoms with Gasteiger partial charge in [0, 0.05) is 0 Å². The number of aliphatic hydroxyl groups excluding tert-OH is 1. The monoisotopic (exact) mass is 426 g/mol. The van der Waals surface area contributed by atoms with E-state index in [0.29, 0.717) is 21.7 Å². The Morgan fingerprint density at radius 3 is 2.00 bits per heavy atom. The highest BCUT2D eigenvalue weighted by Gasteiger charge is 2.68. The maximum atomic E-state index is 11.3.